The van der Waals surface area contributed by atoms with Crippen LogP contribution in [0.1, 0.15) is 18.1 Å². The molecule has 0 unspecified atom stereocenters. The molecule has 0 radical (unpaired) electrons. The summed E-state index contributed by atoms with van der Waals surface area (Å²) in [6.07, 6.45) is 0.810. The molecule has 0 bridgehead atoms. The van der Waals surface area contributed by atoms with E-state index in [-0.39, 0.29) is 24.0 Å². The van der Waals surface area contributed by atoms with Gasteiger partial charge in [-0.25, -0.2) is 4.99 Å². The Morgan fingerprint density at radius 1 is 0.781 bits per heavy atom. The Hall–Kier alpha value is -2.56. The molecule has 2 rings (SSSR count). The fraction of sp³-hybridized carbons (Fsp3) is 0.435. The molecule has 8 nitrogen and oxygen atoms in total. The van der Waals surface area contributed by atoms with Crippen LogP contribution in [0.25, 0.3) is 0 Å². The number of guanidine groups is 1. The first-order chi connectivity index (χ1) is 15.1. The van der Waals surface area contributed by atoms with Crippen molar-refractivity contribution in [1.29, 1.82) is 0 Å². The van der Waals surface area contributed by atoms with Gasteiger partial charge in [-0.1, -0.05) is 6.07 Å². The topological polar surface area (TPSA) is 82.6 Å². The number of nitrogens with one attached hydrogen (secondary N) is 2. The van der Waals surface area contributed by atoms with E-state index < -0.39 is 0 Å². The van der Waals surface area contributed by atoms with Crippen LogP contribution in [-0.2, 0) is 13.0 Å². The normalized spacial score (nSPS) is 10.6. The highest BCUT2D eigenvalue weighted by Gasteiger charge is 2.15. The smallest absolute Gasteiger partial charge is 0.203 e. The van der Waals surface area contributed by atoms with E-state index in [9.17, 15) is 0 Å². The summed E-state index contributed by atoms with van der Waals surface area (Å²) in [6, 6.07) is 9.71. The first kappa shape index (κ1) is 27.5. The predicted octanol–water partition coefficient (Wildman–Crippen LogP) is 3.65. The number of aliphatic imine (C=N–C) groups is 1. The van der Waals surface area contributed by atoms with Gasteiger partial charge in [-0.15, -0.1) is 24.0 Å². The second kappa shape index (κ2) is 14.5. The maximum Gasteiger partial charge on any atom is 0.203 e. The van der Waals surface area contributed by atoms with Crippen molar-refractivity contribution in [1.82, 2.24) is 10.6 Å². The molecular weight excluding hydrogens is 525 g/mol. The highest BCUT2D eigenvalue weighted by molar-refractivity contribution is 14.0. The molecule has 0 atom stereocenters. The van der Waals surface area contributed by atoms with Crippen LogP contribution in [0.4, 0.5) is 0 Å². The largest absolute Gasteiger partial charge is 0.493 e. The predicted molar refractivity (Wildman–Crippen MR) is 138 cm³/mol. The molecule has 0 aliphatic rings. The van der Waals surface area contributed by atoms with E-state index in [0.717, 1.165) is 41.6 Å². The van der Waals surface area contributed by atoms with E-state index in [1.54, 1.807) is 35.5 Å². The van der Waals surface area contributed by atoms with Crippen molar-refractivity contribution in [3.63, 3.8) is 0 Å². The third kappa shape index (κ3) is 7.25. The van der Waals surface area contributed by atoms with Crippen LogP contribution < -0.4 is 34.3 Å². The molecule has 32 heavy (non-hydrogen) atoms. The summed E-state index contributed by atoms with van der Waals surface area (Å²) in [5.74, 6) is 3.96. The van der Waals surface area contributed by atoms with E-state index in [0.29, 0.717) is 30.3 Å². The van der Waals surface area contributed by atoms with Gasteiger partial charge in [0.15, 0.2) is 29.0 Å². The quantitative estimate of drug-likeness (QED) is 0.247. The van der Waals surface area contributed by atoms with Crippen LogP contribution in [0.5, 0.6) is 28.7 Å². The lowest BCUT2D eigenvalue weighted by Gasteiger charge is -2.16. The SMILES string of the molecule is CCNC(=NCc1ccc(OC)c(OC)c1OC)NCCc1ccc(OC)c(OC)c1.I. The molecule has 0 aromatic heterocycles. The number of nitrogens with zero attached hydrogens (tertiary/aromatic N) is 1. The Kier molecular flexibility index (Phi) is 12.4. The van der Waals surface area contributed by atoms with Crippen LogP contribution in [0.3, 0.4) is 0 Å². The molecule has 9 heteroatoms. The average molecular weight is 559 g/mol. The monoisotopic (exact) mass is 559 g/mol. The first-order valence-electron chi connectivity index (χ1n) is 10.1. The number of rotatable bonds is 11. The van der Waals surface area contributed by atoms with E-state index in [1.165, 1.54) is 0 Å². The number of halogens is 1. The lowest BCUT2D eigenvalue weighted by Crippen LogP contribution is -2.38. The molecule has 0 fully saturated rings. The van der Waals surface area contributed by atoms with Crippen molar-refractivity contribution in [2.45, 2.75) is 19.9 Å². The second-order valence-corrected chi connectivity index (χ2v) is 6.55. The number of hydrogen-bond acceptors (Lipinski definition) is 6. The van der Waals surface area contributed by atoms with Gasteiger partial charge in [0.1, 0.15) is 0 Å². The zero-order valence-corrected chi connectivity index (χ0v) is 21.9. The van der Waals surface area contributed by atoms with Crippen molar-refractivity contribution < 1.29 is 23.7 Å². The highest BCUT2D eigenvalue weighted by atomic mass is 127. The van der Waals surface area contributed by atoms with Crippen molar-refractivity contribution in [2.75, 3.05) is 48.6 Å². The van der Waals surface area contributed by atoms with Crippen molar-refractivity contribution in [3.8, 4) is 28.7 Å². The van der Waals surface area contributed by atoms with E-state index in [1.807, 2.05) is 37.3 Å². The third-order valence-electron chi connectivity index (χ3n) is 4.69. The second-order valence-electron chi connectivity index (χ2n) is 6.55. The molecule has 178 valence electrons. The van der Waals surface area contributed by atoms with Gasteiger partial charge in [0.25, 0.3) is 0 Å². The lowest BCUT2D eigenvalue weighted by molar-refractivity contribution is 0.322. The first-order valence-corrected chi connectivity index (χ1v) is 10.1. The fourth-order valence-electron chi connectivity index (χ4n) is 3.16. The van der Waals surface area contributed by atoms with Crippen molar-refractivity contribution in [2.24, 2.45) is 4.99 Å². The van der Waals surface area contributed by atoms with Crippen LogP contribution in [0.15, 0.2) is 35.3 Å². The van der Waals surface area contributed by atoms with Gasteiger partial charge >= 0.3 is 0 Å². The molecule has 0 saturated heterocycles. The number of benzene rings is 2. The Balaban J connectivity index is 0.00000512. The maximum atomic E-state index is 5.54. The molecule has 0 amide bonds. The van der Waals surface area contributed by atoms with Crippen LogP contribution >= 0.6 is 24.0 Å². The van der Waals surface area contributed by atoms with E-state index in [2.05, 4.69) is 15.6 Å². The highest BCUT2D eigenvalue weighted by Crippen LogP contribution is 2.39. The van der Waals surface area contributed by atoms with Crippen LogP contribution in [-0.4, -0.2) is 54.6 Å². The summed E-state index contributed by atoms with van der Waals surface area (Å²) in [6.45, 7) is 3.92. The molecule has 2 N–H and O–H groups in total. The molecule has 0 aliphatic heterocycles. The zero-order valence-electron chi connectivity index (χ0n) is 19.6. The maximum absolute atomic E-state index is 5.54. The summed E-state index contributed by atoms with van der Waals surface area (Å²) >= 11 is 0. The van der Waals surface area contributed by atoms with Gasteiger partial charge in [-0.2, -0.15) is 0 Å². The van der Waals surface area contributed by atoms with Gasteiger partial charge < -0.3 is 34.3 Å². The zero-order chi connectivity index (χ0) is 22.6. The van der Waals surface area contributed by atoms with Gasteiger partial charge in [0.05, 0.1) is 42.1 Å². The Labute approximate surface area is 207 Å². The minimum absolute atomic E-state index is 0. The fourth-order valence-corrected chi connectivity index (χ4v) is 3.16. The van der Waals surface area contributed by atoms with Crippen LogP contribution in [0, 0.1) is 0 Å². The summed E-state index contributed by atoms with van der Waals surface area (Å²) in [4.78, 5) is 4.69. The standard InChI is InChI=1S/C23H33N3O5.HI/c1-7-24-23(25-13-12-16-8-10-18(27-2)20(14-16)29-4)26-15-17-9-11-19(28-3)22(31-6)21(17)30-5;/h8-11,14H,7,12-13,15H2,1-6H3,(H2,24,25,26);1H. The van der Waals surface area contributed by atoms with Crippen LogP contribution in [0.2, 0.25) is 0 Å². The molecule has 0 spiro atoms. The Bertz CT molecular complexity index is 877. The van der Waals surface area contributed by atoms with Gasteiger partial charge in [-0.05, 0) is 43.2 Å². The third-order valence-corrected chi connectivity index (χ3v) is 4.69. The lowest BCUT2D eigenvalue weighted by atomic mass is 10.1. The minimum Gasteiger partial charge on any atom is -0.493 e. The molecule has 0 heterocycles. The average Bonchev–Trinajstić information content (AvgIpc) is 2.81. The van der Waals surface area contributed by atoms with Crippen molar-refractivity contribution in [3.05, 3.63) is 41.5 Å². The minimum atomic E-state index is 0. The van der Waals surface area contributed by atoms with Crippen molar-refractivity contribution >= 4 is 29.9 Å². The number of methoxy groups -OCH3 is 5. The summed E-state index contributed by atoms with van der Waals surface area (Å²) in [5.41, 5.74) is 2.04. The van der Waals surface area contributed by atoms with E-state index in [4.69, 9.17) is 23.7 Å². The molecule has 0 saturated carbocycles. The molecule has 0 aliphatic carbocycles. The van der Waals surface area contributed by atoms with Gasteiger partial charge in [-0.3, -0.25) is 0 Å². The summed E-state index contributed by atoms with van der Waals surface area (Å²) in [7, 11) is 8.06. The van der Waals surface area contributed by atoms with E-state index >= 15 is 0 Å². The Morgan fingerprint density at radius 2 is 1.44 bits per heavy atom. The van der Waals surface area contributed by atoms with Gasteiger partial charge in [0, 0.05) is 18.7 Å². The van der Waals surface area contributed by atoms with Gasteiger partial charge in [0.2, 0.25) is 5.75 Å². The Morgan fingerprint density at radius 3 is 2.03 bits per heavy atom. The molecule has 2 aromatic rings. The molecule has 2 aromatic carbocycles. The molecular formula is C23H34IN3O5. The summed E-state index contributed by atoms with van der Waals surface area (Å²) < 4.78 is 27.0. The number of hydrogen-bond donors (Lipinski definition) is 2. The summed E-state index contributed by atoms with van der Waals surface area (Å²) in [5, 5.41) is 6.63. The number of ether oxygens (including phenoxy) is 5.